The first-order chi connectivity index (χ1) is 16.2. The summed E-state index contributed by atoms with van der Waals surface area (Å²) >= 11 is 0. The SMILES string of the molecule is COc1ccc(N2CCN(C(=O)CCc3nc4cc(S(=O)(=O)N(C)C)ccc4n3C)CC2)cc1. The van der Waals surface area contributed by atoms with Gasteiger partial charge in [0.1, 0.15) is 11.6 Å². The number of amides is 1. The van der Waals surface area contributed by atoms with Gasteiger partial charge in [-0.1, -0.05) is 0 Å². The van der Waals surface area contributed by atoms with E-state index in [2.05, 4.69) is 9.88 Å². The van der Waals surface area contributed by atoms with E-state index in [-0.39, 0.29) is 10.8 Å². The molecule has 9 nitrogen and oxygen atoms in total. The summed E-state index contributed by atoms with van der Waals surface area (Å²) in [5.74, 6) is 1.70. The molecule has 0 bridgehead atoms. The first-order valence-electron chi connectivity index (χ1n) is 11.3. The van der Waals surface area contributed by atoms with Crippen molar-refractivity contribution in [3.8, 4) is 5.75 Å². The van der Waals surface area contributed by atoms with Crippen molar-refractivity contribution in [2.45, 2.75) is 17.7 Å². The van der Waals surface area contributed by atoms with Crippen LogP contribution in [0.5, 0.6) is 5.75 Å². The molecule has 10 heteroatoms. The fourth-order valence-corrected chi connectivity index (χ4v) is 5.13. The van der Waals surface area contributed by atoms with Crippen LogP contribution in [0.25, 0.3) is 11.0 Å². The fourth-order valence-electron chi connectivity index (χ4n) is 4.21. The summed E-state index contributed by atoms with van der Waals surface area (Å²) in [6, 6.07) is 12.9. The van der Waals surface area contributed by atoms with Gasteiger partial charge < -0.3 is 19.1 Å². The van der Waals surface area contributed by atoms with E-state index in [1.54, 1.807) is 25.3 Å². The maximum atomic E-state index is 12.9. The number of aromatic nitrogens is 2. The third-order valence-corrected chi connectivity index (χ3v) is 8.17. The molecule has 1 aliphatic heterocycles. The maximum absolute atomic E-state index is 12.9. The van der Waals surface area contributed by atoms with Crippen LogP contribution in [0, 0.1) is 0 Å². The van der Waals surface area contributed by atoms with E-state index in [1.807, 2.05) is 40.8 Å². The molecule has 0 aliphatic carbocycles. The molecule has 2 heterocycles. The molecule has 1 saturated heterocycles. The Hall–Kier alpha value is -3.11. The number of hydrogen-bond donors (Lipinski definition) is 0. The minimum absolute atomic E-state index is 0.109. The van der Waals surface area contributed by atoms with Gasteiger partial charge in [0.05, 0.1) is 23.0 Å². The van der Waals surface area contributed by atoms with E-state index >= 15 is 0 Å². The highest BCUT2D eigenvalue weighted by atomic mass is 32.2. The quantitative estimate of drug-likeness (QED) is 0.509. The molecule has 0 radical (unpaired) electrons. The topological polar surface area (TPSA) is 88.0 Å². The van der Waals surface area contributed by atoms with Gasteiger partial charge in [-0.3, -0.25) is 4.79 Å². The lowest BCUT2D eigenvalue weighted by Crippen LogP contribution is -2.48. The van der Waals surface area contributed by atoms with Crippen molar-refractivity contribution in [2.75, 3.05) is 52.3 Å². The number of fused-ring (bicyclic) bond motifs is 1. The molecule has 0 spiro atoms. The Morgan fingerprint density at radius 1 is 1.06 bits per heavy atom. The normalized spacial score (nSPS) is 14.7. The van der Waals surface area contributed by atoms with Gasteiger partial charge in [0.2, 0.25) is 15.9 Å². The van der Waals surface area contributed by atoms with Gasteiger partial charge in [0.25, 0.3) is 0 Å². The van der Waals surface area contributed by atoms with Gasteiger partial charge >= 0.3 is 0 Å². The summed E-state index contributed by atoms with van der Waals surface area (Å²) in [4.78, 5) is 21.9. The molecule has 4 rings (SSSR count). The molecule has 1 aromatic heterocycles. The number of hydrogen-bond acceptors (Lipinski definition) is 6. The van der Waals surface area contributed by atoms with Crippen molar-refractivity contribution >= 4 is 32.7 Å². The predicted molar refractivity (Wildman–Crippen MR) is 132 cm³/mol. The molecular formula is C24H31N5O4S. The zero-order chi connectivity index (χ0) is 24.5. The first kappa shape index (κ1) is 24.0. The third kappa shape index (κ3) is 4.74. The predicted octanol–water partition coefficient (Wildman–Crippen LogP) is 2.11. The van der Waals surface area contributed by atoms with Crippen molar-refractivity contribution < 1.29 is 17.9 Å². The molecule has 1 fully saturated rings. The number of aryl methyl sites for hydroxylation is 2. The summed E-state index contributed by atoms with van der Waals surface area (Å²) < 4.78 is 33.2. The van der Waals surface area contributed by atoms with Gasteiger partial charge in [0.15, 0.2) is 0 Å². The number of piperazine rings is 1. The van der Waals surface area contributed by atoms with Crippen LogP contribution in [0.4, 0.5) is 5.69 Å². The molecule has 182 valence electrons. The Balaban J connectivity index is 1.37. The number of methoxy groups -OCH3 is 1. The van der Waals surface area contributed by atoms with Crippen LogP contribution in [-0.4, -0.2) is 80.5 Å². The van der Waals surface area contributed by atoms with Crippen LogP contribution in [0.2, 0.25) is 0 Å². The van der Waals surface area contributed by atoms with Crippen molar-refractivity contribution in [3.05, 3.63) is 48.3 Å². The summed E-state index contributed by atoms with van der Waals surface area (Å²) in [5, 5.41) is 0. The minimum Gasteiger partial charge on any atom is -0.497 e. The molecule has 3 aromatic rings. The number of anilines is 1. The van der Waals surface area contributed by atoms with Crippen LogP contribution in [0.15, 0.2) is 47.4 Å². The number of benzene rings is 2. The standard InChI is InChI=1S/C24H31N5O4S/c1-26(2)34(31,32)20-9-10-22-21(17-20)25-23(27(22)3)11-12-24(30)29-15-13-28(14-16-29)18-5-7-19(33-4)8-6-18/h5-10,17H,11-16H2,1-4H3. The second-order valence-electron chi connectivity index (χ2n) is 8.59. The zero-order valence-electron chi connectivity index (χ0n) is 20.1. The van der Waals surface area contributed by atoms with Crippen molar-refractivity contribution in [2.24, 2.45) is 7.05 Å². The van der Waals surface area contributed by atoms with E-state index in [9.17, 15) is 13.2 Å². The Kier molecular flexibility index (Phi) is 6.81. The highest BCUT2D eigenvalue weighted by molar-refractivity contribution is 7.89. The summed E-state index contributed by atoms with van der Waals surface area (Å²) in [7, 11) is 3.03. The maximum Gasteiger partial charge on any atom is 0.242 e. The van der Waals surface area contributed by atoms with Gasteiger partial charge in [-0.15, -0.1) is 0 Å². The highest BCUT2D eigenvalue weighted by Gasteiger charge is 2.23. The number of rotatable bonds is 7. The average molecular weight is 486 g/mol. The number of ether oxygens (including phenoxy) is 1. The van der Waals surface area contributed by atoms with Crippen LogP contribution < -0.4 is 9.64 Å². The Bertz CT molecular complexity index is 1280. The summed E-state index contributed by atoms with van der Waals surface area (Å²) in [5.41, 5.74) is 2.58. The van der Waals surface area contributed by atoms with Crippen LogP contribution in [0.1, 0.15) is 12.2 Å². The Morgan fingerprint density at radius 2 is 1.74 bits per heavy atom. The van der Waals surface area contributed by atoms with E-state index in [0.717, 1.165) is 35.9 Å². The smallest absolute Gasteiger partial charge is 0.242 e. The summed E-state index contributed by atoms with van der Waals surface area (Å²) in [6.07, 6.45) is 0.862. The lowest BCUT2D eigenvalue weighted by molar-refractivity contribution is -0.131. The molecule has 34 heavy (non-hydrogen) atoms. The van der Waals surface area contributed by atoms with Gasteiger partial charge in [0, 0.05) is 65.9 Å². The number of nitrogens with zero attached hydrogens (tertiary/aromatic N) is 5. The lowest BCUT2D eigenvalue weighted by Gasteiger charge is -2.36. The van der Waals surface area contributed by atoms with Gasteiger partial charge in [-0.2, -0.15) is 0 Å². The molecular weight excluding hydrogens is 454 g/mol. The second kappa shape index (κ2) is 9.63. The fraction of sp³-hybridized carbons (Fsp3) is 0.417. The molecule has 2 aromatic carbocycles. The van der Waals surface area contributed by atoms with E-state index in [0.29, 0.717) is 31.4 Å². The van der Waals surface area contributed by atoms with Gasteiger partial charge in [-0.25, -0.2) is 17.7 Å². The highest BCUT2D eigenvalue weighted by Crippen LogP contribution is 2.23. The van der Waals surface area contributed by atoms with Crippen LogP contribution >= 0.6 is 0 Å². The molecule has 1 aliphatic rings. The van der Waals surface area contributed by atoms with Gasteiger partial charge in [-0.05, 0) is 42.5 Å². The number of sulfonamides is 1. The number of carbonyl (C=O) groups excluding carboxylic acids is 1. The molecule has 0 N–H and O–H groups in total. The largest absolute Gasteiger partial charge is 0.497 e. The van der Waals surface area contributed by atoms with Crippen LogP contribution in [-0.2, 0) is 28.3 Å². The number of imidazole rings is 1. The minimum atomic E-state index is -3.53. The second-order valence-corrected chi connectivity index (χ2v) is 10.7. The van der Waals surface area contributed by atoms with Crippen molar-refractivity contribution in [1.82, 2.24) is 18.8 Å². The molecule has 0 atom stereocenters. The third-order valence-electron chi connectivity index (χ3n) is 6.36. The Morgan fingerprint density at radius 3 is 2.35 bits per heavy atom. The van der Waals surface area contributed by atoms with Crippen LogP contribution in [0.3, 0.4) is 0 Å². The Labute approximate surface area is 200 Å². The molecule has 1 amide bonds. The first-order valence-corrected chi connectivity index (χ1v) is 12.7. The monoisotopic (exact) mass is 485 g/mol. The van der Waals surface area contributed by atoms with E-state index in [4.69, 9.17) is 4.74 Å². The average Bonchev–Trinajstić information content (AvgIpc) is 3.17. The summed E-state index contributed by atoms with van der Waals surface area (Å²) in [6.45, 7) is 2.93. The van der Waals surface area contributed by atoms with E-state index < -0.39 is 10.0 Å². The van der Waals surface area contributed by atoms with Crippen molar-refractivity contribution in [1.29, 1.82) is 0 Å². The lowest BCUT2D eigenvalue weighted by atomic mass is 10.2. The van der Waals surface area contributed by atoms with E-state index in [1.165, 1.54) is 18.4 Å². The van der Waals surface area contributed by atoms with Crippen molar-refractivity contribution in [3.63, 3.8) is 0 Å². The zero-order valence-corrected chi connectivity index (χ0v) is 20.9. The molecule has 0 saturated carbocycles. The number of carbonyl (C=O) groups is 1. The molecule has 0 unspecified atom stereocenters.